The Hall–Kier alpha value is -2.12. The molecule has 120 valence electrons. The molecule has 5 atom stereocenters. The van der Waals surface area contributed by atoms with Crippen LogP contribution >= 0.6 is 0 Å². The van der Waals surface area contributed by atoms with E-state index in [1.807, 2.05) is 0 Å². The van der Waals surface area contributed by atoms with Gasteiger partial charge in [-0.15, -0.1) is 5.10 Å². The molecule has 6 N–H and O–H groups in total. The van der Waals surface area contributed by atoms with Crippen molar-refractivity contribution in [2.75, 3.05) is 6.61 Å². The first-order valence-electron chi connectivity index (χ1n) is 6.32. The van der Waals surface area contributed by atoms with Gasteiger partial charge < -0.3 is 25.2 Å². The molecule has 0 aliphatic carbocycles. The van der Waals surface area contributed by atoms with Gasteiger partial charge in [-0.3, -0.25) is 14.8 Å². The fourth-order valence-electron chi connectivity index (χ4n) is 2.30. The van der Waals surface area contributed by atoms with Crippen LogP contribution in [-0.4, -0.2) is 76.4 Å². The molecule has 0 unspecified atom stereocenters. The van der Waals surface area contributed by atoms with Crippen LogP contribution in [0.2, 0.25) is 0 Å². The maximum Gasteiger partial charge on any atom is 0.325 e. The number of H-pyrrole nitrogens is 2. The highest BCUT2D eigenvalue weighted by Crippen LogP contribution is 2.26. The third-order valence-corrected chi connectivity index (χ3v) is 3.48. The van der Waals surface area contributed by atoms with Gasteiger partial charge in [-0.05, 0) is 0 Å². The molecule has 1 aliphatic rings. The zero-order chi connectivity index (χ0) is 16.0. The van der Waals surface area contributed by atoms with Crippen LogP contribution in [0.3, 0.4) is 0 Å². The van der Waals surface area contributed by atoms with Crippen molar-refractivity contribution in [3.05, 3.63) is 20.8 Å². The number of ether oxygens (including phenoxy) is 1. The molecule has 3 rings (SSSR count). The van der Waals surface area contributed by atoms with Crippen molar-refractivity contribution in [3.63, 3.8) is 0 Å². The highest BCUT2D eigenvalue weighted by Gasteiger charge is 2.45. The molecule has 2 aromatic heterocycles. The van der Waals surface area contributed by atoms with E-state index in [0.29, 0.717) is 4.68 Å². The lowest BCUT2D eigenvalue weighted by Gasteiger charge is -2.39. The lowest BCUT2D eigenvalue weighted by molar-refractivity contribution is -0.255. The Morgan fingerprint density at radius 2 is 1.86 bits per heavy atom. The van der Waals surface area contributed by atoms with Crippen LogP contribution in [-0.2, 0) is 4.74 Å². The molecule has 0 amide bonds. The number of rotatable bonds is 2. The minimum Gasteiger partial charge on any atom is -0.394 e. The molecule has 1 aliphatic heterocycles. The molecular formula is C10H13N5O7. The largest absolute Gasteiger partial charge is 0.394 e. The number of nitrogens with zero attached hydrogens (tertiary/aromatic N) is 3. The van der Waals surface area contributed by atoms with Crippen molar-refractivity contribution in [2.45, 2.75) is 30.6 Å². The summed E-state index contributed by atoms with van der Waals surface area (Å²) in [6.07, 6.45) is -7.59. The normalized spacial score (nSPS) is 32.5. The molecule has 1 saturated heterocycles. The number of hydrogen-bond acceptors (Lipinski definition) is 9. The number of imidazole rings is 1. The van der Waals surface area contributed by atoms with Gasteiger partial charge in [0.15, 0.2) is 17.4 Å². The van der Waals surface area contributed by atoms with Crippen molar-refractivity contribution in [3.8, 4) is 0 Å². The van der Waals surface area contributed by atoms with Gasteiger partial charge in [-0.1, -0.05) is 5.21 Å². The molecule has 0 radical (unpaired) electrons. The molecule has 2 aromatic rings. The van der Waals surface area contributed by atoms with Gasteiger partial charge in [0.1, 0.15) is 24.4 Å². The zero-order valence-corrected chi connectivity index (χ0v) is 10.9. The van der Waals surface area contributed by atoms with Crippen LogP contribution in [0.4, 0.5) is 0 Å². The first-order chi connectivity index (χ1) is 10.4. The summed E-state index contributed by atoms with van der Waals surface area (Å²) in [5, 5.41) is 45.6. The Balaban J connectivity index is 2.08. The monoisotopic (exact) mass is 315 g/mol. The number of hydrogen-bond donors (Lipinski definition) is 6. The van der Waals surface area contributed by atoms with Crippen molar-refractivity contribution in [2.24, 2.45) is 0 Å². The molecule has 0 saturated carbocycles. The van der Waals surface area contributed by atoms with Crippen LogP contribution in [0, 0.1) is 0 Å². The summed E-state index contributed by atoms with van der Waals surface area (Å²) < 4.78 is 5.82. The van der Waals surface area contributed by atoms with E-state index in [1.165, 1.54) is 0 Å². The molecule has 12 nitrogen and oxygen atoms in total. The van der Waals surface area contributed by atoms with Gasteiger partial charge in [0.05, 0.1) is 6.61 Å². The smallest absolute Gasteiger partial charge is 0.325 e. The van der Waals surface area contributed by atoms with E-state index < -0.39 is 48.5 Å². The van der Waals surface area contributed by atoms with Crippen LogP contribution in [0.5, 0.6) is 0 Å². The average molecular weight is 315 g/mol. The van der Waals surface area contributed by atoms with E-state index >= 15 is 0 Å². The lowest BCUT2D eigenvalue weighted by atomic mass is 9.98. The molecule has 0 spiro atoms. The molecule has 3 heterocycles. The number of aliphatic hydroxyl groups excluding tert-OH is 4. The SMILES string of the molecule is O=c1[nH]c2nnn([C@@H]3O[C@H](CO)[C@@H](O)[C@H](O)[C@H]3O)c(=O)c2[nH]1. The van der Waals surface area contributed by atoms with Crippen molar-refractivity contribution in [1.82, 2.24) is 25.0 Å². The van der Waals surface area contributed by atoms with Crippen LogP contribution in [0.15, 0.2) is 9.59 Å². The standard InChI is InChI=1S/C10H13N5O7/c16-1-2-4(17)5(18)6(19)9(22-2)15-8(20)3-7(13-14-15)12-10(21)11-3/h2,4-6,9,16-19H,1H2,(H2,11,12,21)/t2-,4-,5+,6-,9-/m1/s1. The van der Waals surface area contributed by atoms with Gasteiger partial charge in [0, 0.05) is 0 Å². The van der Waals surface area contributed by atoms with E-state index in [4.69, 9.17) is 9.84 Å². The minimum atomic E-state index is -1.69. The average Bonchev–Trinajstić information content (AvgIpc) is 2.88. The summed E-state index contributed by atoms with van der Waals surface area (Å²) in [5.74, 6) is 0. The number of aromatic nitrogens is 5. The Kier molecular flexibility index (Phi) is 3.54. The Labute approximate surface area is 120 Å². The van der Waals surface area contributed by atoms with Gasteiger partial charge in [-0.2, -0.15) is 4.68 Å². The molecule has 1 fully saturated rings. The first kappa shape index (κ1) is 14.8. The summed E-state index contributed by atoms with van der Waals surface area (Å²) in [6.45, 7) is -0.646. The number of fused-ring (bicyclic) bond motifs is 1. The Morgan fingerprint density at radius 3 is 2.55 bits per heavy atom. The number of nitrogens with one attached hydrogen (secondary N) is 2. The maximum atomic E-state index is 12.2. The lowest BCUT2D eigenvalue weighted by Crippen LogP contribution is -2.58. The van der Waals surface area contributed by atoms with Gasteiger partial charge >= 0.3 is 5.69 Å². The van der Waals surface area contributed by atoms with E-state index in [1.54, 1.807) is 0 Å². The summed E-state index contributed by atoms with van der Waals surface area (Å²) >= 11 is 0. The third kappa shape index (κ3) is 2.13. The van der Waals surface area contributed by atoms with Gasteiger partial charge in [-0.25, -0.2) is 4.79 Å². The van der Waals surface area contributed by atoms with E-state index in [0.717, 1.165) is 0 Å². The molecule has 0 bridgehead atoms. The molecule has 12 heteroatoms. The third-order valence-electron chi connectivity index (χ3n) is 3.48. The summed E-state index contributed by atoms with van der Waals surface area (Å²) in [4.78, 5) is 27.9. The van der Waals surface area contributed by atoms with Crippen molar-refractivity contribution in [1.29, 1.82) is 0 Å². The second-order valence-electron chi connectivity index (χ2n) is 4.86. The zero-order valence-electron chi connectivity index (χ0n) is 10.9. The van der Waals surface area contributed by atoms with Crippen LogP contribution in [0.25, 0.3) is 11.2 Å². The second-order valence-corrected chi connectivity index (χ2v) is 4.86. The van der Waals surface area contributed by atoms with Crippen LogP contribution < -0.4 is 11.2 Å². The minimum absolute atomic E-state index is 0.0733. The van der Waals surface area contributed by atoms with Gasteiger partial charge in [0.25, 0.3) is 5.56 Å². The quantitative estimate of drug-likeness (QED) is 0.319. The Morgan fingerprint density at radius 1 is 1.14 bits per heavy atom. The van der Waals surface area contributed by atoms with E-state index in [2.05, 4.69) is 20.3 Å². The second kappa shape index (κ2) is 5.26. The topological polar surface area (TPSA) is 187 Å². The number of aliphatic hydroxyl groups is 4. The first-order valence-corrected chi connectivity index (χ1v) is 6.32. The van der Waals surface area contributed by atoms with E-state index in [-0.39, 0.29) is 11.2 Å². The molecular weight excluding hydrogens is 302 g/mol. The van der Waals surface area contributed by atoms with Gasteiger partial charge in [0.2, 0.25) is 0 Å². The van der Waals surface area contributed by atoms with Crippen LogP contribution in [0.1, 0.15) is 6.23 Å². The summed E-state index contributed by atoms with van der Waals surface area (Å²) in [7, 11) is 0. The highest BCUT2D eigenvalue weighted by molar-refractivity contribution is 5.67. The Bertz CT molecular complexity index is 795. The highest BCUT2D eigenvalue weighted by atomic mass is 16.6. The van der Waals surface area contributed by atoms with Crippen molar-refractivity contribution < 1.29 is 25.2 Å². The maximum absolute atomic E-state index is 12.2. The van der Waals surface area contributed by atoms with E-state index in [9.17, 15) is 24.9 Å². The number of aromatic amines is 2. The fraction of sp³-hybridized carbons (Fsp3) is 0.600. The molecule has 22 heavy (non-hydrogen) atoms. The predicted octanol–water partition coefficient (Wildman–Crippen LogP) is -4.22. The fourth-order valence-corrected chi connectivity index (χ4v) is 2.30. The summed E-state index contributed by atoms with van der Waals surface area (Å²) in [5.41, 5.74) is -1.74. The molecule has 0 aromatic carbocycles. The van der Waals surface area contributed by atoms with Crippen molar-refractivity contribution >= 4 is 11.2 Å². The summed E-state index contributed by atoms with van der Waals surface area (Å²) in [6, 6.07) is 0. The predicted molar refractivity (Wildman–Crippen MR) is 67.8 cm³/mol.